The maximum Gasteiger partial charge on any atom is 0.285 e. The quantitative estimate of drug-likeness (QED) is 0.592. The van der Waals surface area contributed by atoms with E-state index in [0.717, 1.165) is 28.1 Å². The van der Waals surface area contributed by atoms with Crippen LogP contribution in [0.1, 0.15) is 22.8 Å². The summed E-state index contributed by atoms with van der Waals surface area (Å²) >= 11 is 6.32. The van der Waals surface area contributed by atoms with Crippen molar-refractivity contribution in [3.05, 3.63) is 64.6 Å². The van der Waals surface area contributed by atoms with Crippen molar-refractivity contribution in [2.24, 2.45) is 0 Å². The zero-order valence-corrected chi connectivity index (χ0v) is 16.0. The zero-order valence-electron chi connectivity index (χ0n) is 14.3. The van der Waals surface area contributed by atoms with Gasteiger partial charge in [0.15, 0.2) is 4.32 Å². The molecule has 2 aromatic rings. The first-order valence-electron chi connectivity index (χ1n) is 8.09. The van der Waals surface area contributed by atoms with Crippen molar-refractivity contribution in [3.8, 4) is 11.5 Å². The highest BCUT2D eigenvalue weighted by Gasteiger charge is 2.33. The lowest BCUT2D eigenvalue weighted by Gasteiger charge is -2.15. The summed E-state index contributed by atoms with van der Waals surface area (Å²) in [6, 6.07) is 13.0. The monoisotopic (exact) mass is 400 g/mol. The first kappa shape index (κ1) is 18.9. The molecule has 1 aliphatic heterocycles. The second-order valence-corrected chi connectivity index (χ2v) is 7.18. The van der Waals surface area contributed by atoms with Crippen LogP contribution < -0.4 is 10.2 Å². The van der Waals surface area contributed by atoms with Gasteiger partial charge in [0.1, 0.15) is 11.5 Å². The maximum absolute atomic E-state index is 12.6. The van der Waals surface area contributed by atoms with E-state index in [1.807, 2.05) is 31.2 Å². The second-order valence-electron chi connectivity index (χ2n) is 5.51. The van der Waals surface area contributed by atoms with Crippen molar-refractivity contribution in [1.82, 2.24) is 10.4 Å². The molecule has 1 heterocycles. The summed E-state index contributed by atoms with van der Waals surface area (Å²) in [7, 11) is 0. The Kier molecular flexibility index (Phi) is 5.78. The third-order valence-corrected chi connectivity index (χ3v) is 4.93. The molecule has 0 radical (unpaired) electrons. The number of nitrogens with zero attached hydrogens (tertiary/aromatic N) is 1. The van der Waals surface area contributed by atoms with Gasteiger partial charge in [0.05, 0.1) is 11.5 Å². The number of phenols is 1. The van der Waals surface area contributed by atoms with E-state index in [0.29, 0.717) is 17.1 Å². The lowest BCUT2D eigenvalue weighted by molar-refractivity contribution is -0.123. The molecule has 6 nitrogen and oxygen atoms in total. The summed E-state index contributed by atoms with van der Waals surface area (Å²) in [6.45, 7) is 2.49. The molecule has 0 aliphatic carbocycles. The van der Waals surface area contributed by atoms with Crippen LogP contribution in [0, 0.1) is 0 Å². The number of phenolic OH excluding ortho intramolecular Hbond substituents is 1. The molecule has 0 spiro atoms. The number of carbonyl (C=O) groups excluding carboxylic acids is 2. The van der Waals surface area contributed by atoms with Gasteiger partial charge in [0.2, 0.25) is 0 Å². The van der Waals surface area contributed by atoms with E-state index in [1.165, 1.54) is 24.3 Å². The van der Waals surface area contributed by atoms with E-state index in [2.05, 4.69) is 5.43 Å². The first-order valence-corrected chi connectivity index (χ1v) is 9.31. The number of hydrazine groups is 1. The first-order chi connectivity index (χ1) is 13.0. The van der Waals surface area contributed by atoms with Crippen molar-refractivity contribution >= 4 is 46.2 Å². The number of thiocarbonyl (C=S) groups is 1. The van der Waals surface area contributed by atoms with Gasteiger partial charge in [0.25, 0.3) is 11.8 Å². The van der Waals surface area contributed by atoms with E-state index in [9.17, 15) is 14.7 Å². The van der Waals surface area contributed by atoms with Gasteiger partial charge in [-0.3, -0.25) is 15.0 Å². The number of thioether (sulfide) groups is 1. The Hall–Kier alpha value is -2.84. The molecule has 138 valence electrons. The predicted molar refractivity (Wildman–Crippen MR) is 108 cm³/mol. The summed E-state index contributed by atoms with van der Waals surface area (Å²) in [4.78, 5) is 25.3. The summed E-state index contributed by atoms with van der Waals surface area (Å²) in [6.07, 6.45) is 1.71. The third kappa shape index (κ3) is 4.47. The number of nitrogens with one attached hydrogen (secondary N) is 1. The van der Waals surface area contributed by atoms with Gasteiger partial charge in [0, 0.05) is 5.56 Å². The number of benzene rings is 2. The number of hydrogen-bond donors (Lipinski definition) is 2. The van der Waals surface area contributed by atoms with Crippen LogP contribution in [-0.4, -0.2) is 32.9 Å². The summed E-state index contributed by atoms with van der Waals surface area (Å²) in [5.41, 5.74) is 3.62. The highest BCUT2D eigenvalue weighted by molar-refractivity contribution is 8.26. The van der Waals surface area contributed by atoms with Crippen LogP contribution in [0.2, 0.25) is 0 Å². The highest BCUT2D eigenvalue weighted by Crippen LogP contribution is 2.31. The zero-order chi connectivity index (χ0) is 19.4. The van der Waals surface area contributed by atoms with Gasteiger partial charge >= 0.3 is 0 Å². The van der Waals surface area contributed by atoms with Gasteiger partial charge in [-0.2, -0.15) is 5.01 Å². The molecule has 0 unspecified atom stereocenters. The van der Waals surface area contributed by atoms with Crippen LogP contribution in [-0.2, 0) is 4.79 Å². The Morgan fingerprint density at radius 2 is 1.89 bits per heavy atom. The number of amides is 2. The largest absolute Gasteiger partial charge is 0.508 e. The number of ether oxygens (including phenoxy) is 1. The van der Waals surface area contributed by atoms with Crippen LogP contribution in [0.4, 0.5) is 0 Å². The molecule has 0 bridgehead atoms. The van der Waals surface area contributed by atoms with Gasteiger partial charge < -0.3 is 9.84 Å². The number of carbonyl (C=O) groups is 2. The Bertz CT molecular complexity index is 908. The van der Waals surface area contributed by atoms with E-state index in [4.69, 9.17) is 17.0 Å². The molecule has 1 fully saturated rings. The molecule has 2 N–H and O–H groups in total. The minimum atomic E-state index is -0.492. The average Bonchev–Trinajstić information content (AvgIpc) is 2.91. The summed E-state index contributed by atoms with van der Waals surface area (Å²) in [5, 5.41) is 10.3. The summed E-state index contributed by atoms with van der Waals surface area (Å²) in [5.74, 6) is -0.0848. The Morgan fingerprint density at radius 3 is 2.52 bits per heavy atom. The maximum atomic E-state index is 12.6. The molecule has 0 saturated carbocycles. The Balaban J connectivity index is 1.72. The van der Waals surface area contributed by atoms with Gasteiger partial charge in [-0.1, -0.05) is 23.9 Å². The molecule has 3 rings (SSSR count). The van der Waals surface area contributed by atoms with E-state index in [-0.39, 0.29) is 10.1 Å². The van der Waals surface area contributed by atoms with Crippen molar-refractivity contribution in [2.45, 2.75) is 6.92 Å². The standard InChI is InChI=1S/C19H16N2O4S2/c1-2-25-15-9-3-12(4-10-15)11-16-18(24)21(19(26)27-16)20-17(23)13-5-7-14(22)8-6-13/h3-11,22H,2H2,1H3,(H,20,23)/b16-11-. The number of aromatic hydroxyl groups is 1. The van der Waals surface area contributed by atoms with E-state index >= 15 is 0 Å². The van der Waals surface area contributed by atoms with Gasteiger partial charge in [-0.15, -0.1) is 0 Å². The number of hydrogen-bond acceptors (Lipinski definition) is 6. The van der Waals surface area contributed by atoms with Crippen LogP contribution >= 0.6 is 24.0 Å². The highest BCUT2D eigenvalue weighted by atomic mass is 32.2. The fourth-order valence-corrected chi connectivity index (χ4v) is 3.50. The van der Waals surface area contributed by atoms with Crippen molar-refractivity contribution < 1.29 is 19.4 Å². The third-order valence-electron chi connectivity index (χ3n) is 3.63. The molecule has 0 atom stereocenters. The molecule has 8 heteroatoms. The van der Waals surface area contributed by atoms with Crippen LogP contribution in [0.15, 0.2) is 53.4 Å². The van der Waals surface area contributed by atoms with Crippen LogP contribution in [0.25, 0.3) is 6.08 Å². The Morgan fingerprint density at radius 1 is 1.22 bits per heavy atom. The molecule has 2 aromatic carbocycles. The minimum Gasteiger partial charge on any atom is -0.508 e. The SMILES string of the molecule is CCOc1ccc(/C=C2\SC(=S)N(NC(=O)c3ccc(O)cc3)C2=O)cc1. The molecule has 1 aliphatic rings. The molecule has 0 aromatic heterocycles. The van der Waals surface area contributed by atoms with Gasteiger partial charge in [-0.05, 0) is 67.2 Å². The molecule has 27 heavy (non-hydrogen) atoms. The smallest absolute Gasteiger partial charge is 0.285 e. The van der Waals surface area contributed by atoms with Gasteiger partial charge in [-0.25, -0.2) is 0 Å². The average molecular weight is 400 g/mol. The molecule has 1 saturated heterocycles. The predicted octanol–water partition coefficient (Wildman–Crippen LogP) is 3.34. The molecular weight excluding hydrogens is 384 g/mol. The topological polar surface area (TPSA) is 78.9 Å². The van der Waals surface area contributed by atoms with Crippen molar-refractivity contribution in [2.75, 3.05) is 6.61 Å². The lowest BCUT2D eigenvalue weighted by atomic mass is 10.2. The second kappa shape index (κ2) is 8.24. The molecule has 2 amide bonds. The normalized spacial score (nSPS) is 15.3. The van der Waals surface area contributed by atoms with Crippen molar-refractivity contribution in [3.63, 3.8) is 0 Å². The van der Waals surface area contributed by atoms with Crippen LogP contribution in [0.3, 0.4) is 0 Å². The summed E-state index contributed by atoms with van der Waals surface area (Å²) < 4.78 is 5.63. The fraction of sp³-hybridized carbons (Fsp3) is 0.105. The van der Waals surface area contributed by atoms with E-state index < -0.39 is 11.8 Å². The Labute approximate surface area is 165 Å². The van der Waals surface area contributed by atoms with E-state index in [1.54, 1.807) is 6.08 Å². The minimum absolute atomic E-state index is 0.0513. The lowest BCUT2D eigenvalue weighted by Crippen LogP contribution is -2.44. The fourth-order valence-electron chi connectivity index (χ4n) is 2.32. The molecular formula is C19H16N2O4S2. The van der Waals surface area contributed by atoms with Crippen LogP contribution in [0.5, 0.6) is 11.5 Å². The van der Waals surface area contributed by atoms with Crippen molar-refractivity contribution in [1.29, 1.82) is 0 Å². The number of rotatable bonds is 5.